The zero-order valence-corrected chi connectivity index (χ0v) is 9.89. The third-order valence-corrected chi connectivity index (χ3v) is 4.30. The lowest BCUT2D eigenvalue weighted by atomic mass is 9.86. The molecule has 0 saturated heterocycles. The number of aromatic nitrogens is 1. The molecule has 1 unspecified atom stereocenters. The molecule has 88 valence electrons. The molecule has 3 rings (SSSR count). The fourth-order valence-corrected chi connectivity index (χ4v) is 3.36. The molecule has 2 nitrogen and oxygen atoms in total. The van der Waals surface area contributed by atoms with E-state index >= 15 is 0 Å². The third-order valence-electron chi connectivity index (χ3n) is 4.30. The number of nitrogens with one attached hydrogen (secondary N) is 1. The maximum absolute atomic E-state index is 9.25. The predicted octanol–water partition coefficient (Wildman–Crippen LogP) is 2.38. The van der Waals surface area contributed by atoms with Gasteiger partial charge in [-0.3, -0.25) is 0 Å². The molecule has 0 bridgehead atoms. The van der Waals surface area contributed by atoms with Crippen molar-refractivity contribution in [2.45, 2.75) is 51.4 Å². The lowest BCUT2D eigenvalue weighted by molar-refractivity contribution is 0.212. The lowest BCUT2D eigenvalue weighted by Crippen LogP contribution is -2.17. The molecule has 1 atom stereocenters. The quantitative estimate of drug-likeness (QED) is 0.699. The van der Waals surface area contributed by atoms with E-state index in [1.165, 1.54) is 56.3 Å². The van der Waals surface area contributed by atoms with Crippen LogP contribution in [0.15, 0.2) is 0 Å². The molecule has 2 heteroatoms. The van der Waals surface area contributed by atoms with E-state index < -0.39 is 0 Å². The first-order valence-corrected chi connectivity index (χ1v) is 6.71. The number of hydrogen-bond acceptors (Lipinski definition) is 1. The van der Waals surface area contributed by atoms with Gasteiger partial charge in [0.25, 0.3) is 0 Å². The van der Waals surface area contributed by atoms with Gasteiger partial charge < -0.3 is 10.1 Å². The van der Waals surface area contributed by atoms with Gasteiger partial charge in [-0.25, -0.2) is 0 Å². The first-order valence-electron chi connectivity index (χ1n) is 6.71. The molecular weight excluding hydrogens is 198 g/mol. The predicted molar refractivity (Wildman–Crippen MR) is 64.7 cm³/mol. The molecular formula is C14H21NO. The van der Waals surface area contributed by atoms with E-state index in [1.54, 1.807) is 11.1 Å². The molecule has 1 aromatic rings. The number of hydrogen-bond donors (Lipinski definition) is 2. The maximum Gasteiger partial charge on any atom is 0.0463 e. The Bertz CT molecular complexity index is 380. The van der Waals surface area contributed by atoms with Crippen LogP contribution in [0, 0.1) is 5.92 Å². The van der Waals surface area contributed by atoms with Gasteiger partial charge in [-0.1, -0.05) is 6.42 Å². The van der Waals surface area contributed by atoms with Gasteiger partial charge in [0.15, 0.2) is 0 Å². The fourth-order valence-electron chi connectivity index (χ4n) is 3.36. The Morgan fingerprint density at radius 2 is 1.81 bits per heavy atom. The summed E-state index contributed by atoms with van der Waals surface area (Å²) in [6.45, 7) is 0.350. The van der Waals surface area contributed by atoms with E-state index in [2.05, 4.69) is 4.98 Å². The summed E-state index contributed by atoms with van der Waals surface area (Å²) in [4.78, 5) is 3.65. The van der Waals surface area contributed by atoms with Crippen LogP contribution in [0.5, 0.6) is 0 Å². The second-order valence-corrected chi connectivity index (χ2v) is 5.39. The van der Waals surface area contributed by atoms with E-state index in [9.17, 15) is 5.11 Å². The van der Waals surface area contributed by atoms with Gasteiger partial charge >= 0.3 is 0 Å². The summed E-state index contributed by atoms with van der Waals surface area (Å²) in [6.07, 6.45) is 10.0. The highest BCUT2D eigenvalue weighted by Gasteiger charge is 2.25. The van der Waals surface area contributed by atoms with Crippen LogP contribution in [-0.4, -0.2) is 16.7 Å². The van der Waals surface area contributed by atoms with Gasteiger partial charge in [-0.2, -0.15) is 0 Å². The number of rotatable bonds is 1. The Morgan fingerprint density at radius 3 is 2.69 bits per heavy atom. The zero-order valence-electron chi connectivity index (χ0n) is 9.89. The molecule has 1 heterocycles. The summed E-state index contributed by atoms with van der Waals surface area (Å²) in [5, 5.41) is 9.25. The Hall–Kier alpha value is -0.760. The van der Waals surface area contributed by atoms with Gasteiger partial charge in [-0.05, 0) is 62.0 Å². The van der Waals surface area contributed by atoms with Gasteiger partial charge in [0.2, 0.25) is 0 Å². The smallest absolute Gasteiger partial charge is 0.0463 e. The van der Waals surface area contributed by atoms with Gasteiger partial charge in [-0.15, -0.1) is 0 Å². The van der Waals surface area contributed by atoms with Crippen molar-refractivity contribution in [1.82, 2.24) is 4.98 Å². The van der Waals surface area contributed by atoms with Crippen LogP contribution in [0.4, 0.5) is 0 Å². The molecule has 0 spiro atoms. The highest BCUT2D eigenvalue weighted by Crippen LogP contribution is 2.32. The van der Waals surface area contributed by atoms with Crippen molar-refractivity contribution < 1.29 is 5.11 Å². The standard InChI is InChI=1S/C14H21NO/c16-9-10-6-7-12-11-4-2-1-3-5-13(11)15-14(12)8-10/h10,15-16H,1-9H2. The minimum atomic E-state index is 0.350. The Labute approximate surface area is 97.1 Å². The van der Waals surface area contributed by atoms with Crippen molar-refractivity contribution in [3.63, 3.8) is 0 Å². The lowest BCUT2D eigenvalue weighted by Gasteiger charge is -2.20. The Kier molecular flexibility index (Phi) is 2.76. The minimum absolute atomic E-state index is 0.350. The van der Waals surface area contributed by atoms with Crippen LogP contribution in [0.3, 0.4) is 0 Å². The first-order chi connectivity index (χ1) is 7.88. The number of aliphatic hydroxyl groups excluding tert-OH is 1. The van der Waals surface area contributed by atoms with Crippen LogP contribution in [0.1, 0.15) is 48.2 Å². The molecule has 0 aliphatic heterocycles. The summed E-state index contributed by atoms with van der Waals surface area (Å²) in [7, 11) is 0. The van der Waals surface area contributed by atoms with E-state index in [-0.39, 0.29) is 0 Å². The topological polar surface area (TPSA) is 36.0 Å². The second kappa shape index (κ2) is 4.25. The van der Waals surface area contributed by atoms with E-state index in [4.69, 9.17) is 0 Å². The van der Waals surface area contributed by atoms with Crippen molar-refractivity contribution in [2.24, 2.45) is 5.92 Å². The maximum atomic E-state index is 9.25. The Balaban J connectivity index is 1.93. The SMILES string of the molecule is OCC1CCc2c([nH]c3c2CCCCC3)C1. The molecule has 2 aliphatic carbocycles. The van der Waals surface area contributed by atoms with Crippen molar-refractivity contribution in [2.75, 3.05) is 6.61 Å². The van der Waals surface area contributed by atoms with Crippen LogP contribution in [-0.2, 0) is 25.7 Å². The average Bonchev–Trinajstić information content (AvgIpc) is 2.50. The summed E-state index contributed by atoms with van der Waals surface area (Å²) in [5.41, 5.74) is 6.21. The minimum Gasteiger partial charge on any atom is -0.396 e. The highest BCUT2D eigenvalue weighted by molar-refractivity contribution is 5.39. The van der Waals surface area contributed by atoms with Crippen LogP contribution in [0.25, 0.3) is 0 Å². The molecule has 0 amide bonds. The number of fused-ring (bicyclic) bond motifs is 3. The molecule has 2 aliphatic rings. The molecule has 0 saturated carbocycles. The molecule has 16 heavy (non-hydrogen) atoms. The monoisotopic (exact) mass is 219 g/mol. The van der Waals surface area contributed by atoms with Crippen LogP contribution >= 0.6 is 0 Å². The number of aryl methyl sites for hydroxylation is 1. The van der Waals surface area contributed by atoms with E-state index in [0.717, 1.165) is 6.42 Å². The average molecular weight is 219 g/mol. The van der Waals surface area contributed by atoms with E-state index in [1.807, 2.05) is 0 Å². The molecule has 0 fully saturated rings. The first kappa shape index (κ1) is 10.4. The normalized spacial score (nSPS) is 24.7. The highest BCUT2D eigenvalue weighted by atomic mass is 16.3. The fraction of sp³-hybridized carbons (Fsp3) is 0.714. The number of H-pyrrole nitrogens is 1. The van der Waals surface area contributed by atoms with Gasteiger partial charge in [0.1, 0.15) is 0 Å². The molecule has 2 N–H and O–H groups in total. The van der Waals surface area contributed by atoms with Crippen molar-refractivity contribution >= 4 is 0 Å². The molecule has 1 aromatic heterocycles. The number of aliphatic hydroxyl groups is 1. The third kappa shape index (κ3) is 1.69. The largest absolute Gasteiger partial charge is 0.396 e. The molecule has 0 aromatic carbocycles. The molecule has 0 radical (unpaired) electrons. The van der Waals surface area contributed by atoms with Crippen molar-refractivity contribution in [1.29, 1.82) is 0 Å². The van der Waals surface area contributed by atoms with Gasteiger partial charge in [0.05, 0.1) is 0 Å². The Morgan fingerprint density at radius 1 is 1.00 bits per heavy atom. The van der Waals surface area contributed by atoms with E-state index in [0.29, 0.717) is 12.5 Å². The summed E-state index contributed by atoms with van der Waals surface area (Å²) >= 11 is 0. The van der Waals surface area contributed by atoms with Crippen molar-refractivity contribution in [3.05, 3.63) is 22.5 Å². The summed E-state index contributed by atoms with van der Waals surface area (Å²) < 4.78 is 0. The number of aromatic amines is 1. The summed E-state index contributed by atoms with van der Waals surface area (Å²) in [5.74, 6) is 0.495. The van der Waals surface area contributed by atoms with Gasteiger partial charge in [0, 0.05) is 18.0 Å². The zero-order chi connectivity index (χ0) is 11.0. The summed E-state index contributed by atoms with van der Waals surface area (Å²) in [6, 6.07) is 0. The van der Waals surface area contributed by atoms with Crippen LogP contribution < -0.4 is 0 Å². The second-order valence-electron chi connectivity index (χ2n) is 5.39. The van der Waals surface area contributed by atoms with Crippen molar-refractivity contribution in [3.8, 4) is 0 Å². The van der Waals surface area contributed by atoms with Crippen LogP contribution in [0.2, 0.25) is 0 Å².